The smallest absolute Gasteiger partial charge is 0.242 e. The molecule has 1 aromatic heterocycles. The van der Waals surface area contributed by atoms with Gasteiger partial charge in [-0.3, -0.25) is 4.79 Å². The van der Waals surface area contributed by atoms with Gasteiger partial charge in [-0.05, 0) is 25.0 Å². The molecule has 1 fully saturated rings. The summed E-state index contributed by atoms with van der Waals surface area (Å²) in [5.74, 6) is -0.101. The molecule has 0 aliphatic carbocycles. The van der Waals surface area contributed by atoms with E-state index in [1.54, 1.807) is 12.1 Å². The summed E-state index contributed by atoms with van der Waals surface area (Å²) < 4.78 is 13.9. The molecule has 0 bridgehead atoms. The molecule has 98 valence electrons. The van der Waals surface area contributed by atoms with Crippen LogP contribution in [0.2, 0.25) is 0 Å². The third-order valence-electron chi connectivity index (χ3n) is 3.21. The second kappa shape index (κ2) is 4.79. The zero-order valence-corrected chi connectivity index (χ0v) is 10.2. The first-order valence-corrected chi connectivity index (χ1v) is 6.19. The number of nitrogens with zero attached hydrogens (tertiary/aromatic N) is 2. The Morgan fingerprint density at radius 3 is 3.11 bits per heavy atom. The van der Waals surface area contributed by atoms with Gasteiger partial charge in [0.05, 0.1) is 10.9 Å². The van der Waals surface area contributed by atoms with Gasteiger partial charge in [0, 0.05) is 6.54 Å². The van der Waals surface area contributed by atoms with E-state index in [0.717, 1.165) is 6.42 Å². The summed E-state index contributed by atoms with van der Waals surface area (Å²) in [6.45, 7) is 0.690. The highest BCUT2D eigenvalue weighted by atomic mass is 19.1. The zero-order valence-electron chi connectivity index (χ0n) is 10.2. The van der Waals surface area contributed by atoms with Crippen molar-refractivity contribution in [3.63, 3.8) is 0 Å². The molecule has 6 heteroatoms. The lowest BCUT2D eigenvalue weighted by Gasteiger charge is -2.23. The number of anilines is 1. The maximum atomic E-state index is 13.9. The van der Waals surface area contributed by atoms with Crippen LogP contribution < -0.4 is 10.6 Å². The first kappa shape index (κ1) is 11.8. The lowest BCUT2D eigenvalue weighted by Crippen LogP contribution is -2.44. The minimum atomic E-state index is -0.392. The lowest BCUT2D eigenvalue weighted by molar-refractivity contribution is -0.123. The van der Waals surface area contributed by atoms with Gasteiger partial charge < -0.3 is 10.6 Å². The van der Waals surface area contributed by atoms with Gasteiger partial charge in [-0.15, -0.1) is 0 Å². The van der Waals surface area contributed by atoms with Gasteiger partial charge in [-0.2, -0.15) is 0 Å². The van der Waals surface area contributed by atoms with Crippen molar-refractivity contribution in [3.8, 4) is 0 Å². The molecule has 3 rings (SSSR count). The molecule has 19 heavy (non-hydrogen) atoms. The van der Waals surface area contributed by atoms with Crippen LogP contribution in [-0.2, 0) is 4.79 Å². The molecule has 0 spiro atoms. The summed E-state index contributed by atoms with van der Waals surface area (Å²) in [5, 5.41) is 6.11. The molecular weight excluding hydrogens is 247 g/mol. The number of aromatic nitrogens is 2. The summed E-state index contributed by atoms with van der Waals surface area (Å²) in [4.78, 5) is 19.8. The Morgan fingerprint density at radius 2 is 2.26 bits per heavy atom. The third-order valence-corrected chi connectivity index (χ3v) is 3.21. The van der Waals surface area contributed by atoms with E-state index in [2.05, 4.69) is 20.6 Å². The Hall–Kier alpha value is -2.24. The Labute approximate surface area is 109 Å². The number of amides is 1. The topological polar surface area (TPSA) is 66.9 Å². The molecule has 2 heterocycles. The third kappa shape index (κ3) is 2.21. The van der Waals surface area contributed by atoms with Crippen molar-refractivity contribution in [1.29, 1.82) is 0 Å². The van der Waals surface area contributed by atoms with Crippen molar-refractivity contribution in [3.05, 3.63) is 30.3 Å². The Balaban J connectivity index is 1.98. The molecule has 1 aliphatic heterocycles. The van der Waals surface area contributed by atoms with Crippen LogP contribution in [0.15, 0.2) is 24.5 Å². The fourth-order valence-electron chi connectivity index (χ4n) is 2.25. The first-order valence-electron chi connectivity index (χ1n) is 6.19. The predicted molar refractivity (Wildman–Crippen MR) is 69.2 cm³/mol. The molecule has 0 unspecified atom stereocenters. The van der Waals surface area contributed by atoms with Crippen LogP contribution in [0.5, 0.6) is 0 Å². The number of nitrogens with one attached hydrogen (secondary N) is 2. The number of hydrogen-bond acceptors (Lipinski definition) is 4. The Bertz CT molecular complexity index is 626. The van der Waals surface area contributed by atoms with Crippen molar-refractivity contribution in [2.75, 3.05) is 11.9 Å². The molecule has 2 aromatic rings. The highest BCUT2D eigenvalue weighted by Gasteiger charge is 2.23. The van der Waals surface area contributed by atoms with E-state index in [0.29, 0.717) is 29.7 Å². The molecular formula is C13H13FN4O. The van der Waals surface area contributed by atoms with Crippen LogP contribution >= 0.6 is 0 Å². The number of rotatable bonds is 2. The largest absolute Gasteiger partial charge is 0.358 e. The molecule has 5 nitrogen and oxygen atoms in total. The van der Waals surface area contributed by atoms with Crippen LogP contribution in [0.25, 0.3) is 10.9 Å². The molecule has 0 saturated carbocycles. The van der Waals surface area contributed by atoms with E-state index in [-0.39, 0.29) is 11.9 Å². The number of carbonyl (C=O) groups excluding carboxylic acids is 1. The minimum Gasteiger partial charge on any atom is -0.358 e. The highest BCUT2D eigenvalue weighted by molar-refractivity contribution is 5.92. The van der Waals surface area contributed by atoms with Crippen LogP contribution in [0.3, 0.4) is 0 Å². The number of piperidine rings is 1. The van der Waals surface area contributed by atoms with Crippen LogP contribution in [0, 0.1) is 5.82 Å². The average Bonchev–Trinajstić information content (AvgIpc) is 2.42. The van der Waals surface area contributed by atoms with Gasteiger partial charge in [-0.1, -0.05) is 6.07 Å². The quantitative estimate of drug-likeness (QED) is 0.858. The van der Waals surface area contributed by atoms with Gasteiger partial charge in [-0.25, -0.2) is 14.4 Å². The summed E-state index contributed by atoms with van der Waals surface area (Å²) in [7, 11) is 0. The zero-order chi connectivity index (χ0) is 13.2. The van der Waals surface area contributed by atoms with E-state index >= 15 is 0 Å². The Kier molecular flexibility index (Phi) is 2.98. The van der Waals surface area contributed by atoms with Gasteiger partial charge in [0.15, 0.2) is 0 Å². The number of carbonyl (C=O) groups is 1. The molecule has 1 saturated heterocycles. The second-order valence-corrected chi connectivity index (χ2v) is 4.49. The van der Waals surface area contributed by atoms with Crippen molar-refractivity contribution >= 4 is 22.6 Å². The summed E-state index contributed by atoms with van der Waals surface area (Å²) >= 11 is 0. The molecule has 2 N–H and O–H groups in total. The standard InChI is InChI=1S/C13H13FN4O/c14-8-3-1-4-9-11(8)12(17-7-16-9)18-10-5-2-6-15-13(10)19/h1,3-4,7,10H,2,5-6H2,(H,15,19)(H,16,17,18)/t10-/m1/s1. The Morgan fingerprint density at radius 1 is 1.37 bits per heavy atom. The van der Waals surface area contributed by atoms with Crippen molar-refractivity contribution < 1.29 is 9.18 Å². The fraction of sp³-hybridized carbons (Fsp3) is 0.308. The van der Waals surface area contributed by atoms with Crippen molar-refractivity contribution in [1.82, 2.24) is 15.3 Å². The summed E-state index contributed by atoms with van der Waals surface area (Å²) in [6, 6.07) is 4.30. The number of benzene rings is 1. The van der Waals surface area contributed by atoms with Crippen molar-refractivity contribution in [2.45, 2.75) is 18.9 Å². The molecule has 0 radical (unpaired) electrons. The summed E-state index contributed by atoms with van der Waals surface area (Å²) in [6.07, 6.45) is 2.98. The van der Waals surface area contributed by atoms with E-state index in [9.17, 15) is 9.18 Å². The van der Waals surface area contributed by atoms with Gasteiger partial charge >= 0.3 is 0 Å². The maximum Gasteiger partial charge on any atom is 0.242 e. The average molecular weight is 260 g/mol. The van der Waals surface area contributed by atoms with Crippen molar-refractivity contribution in [2.24, 2.45) is 0 Å². The molecule has 1 atom stereocenters. The summed E-state index contributed by atoms with van der Waals surface area (Å²) in [5.41, 5.74) is 0.522. The normalized spacial score (nSPS) is 19.2. The second-order valence-electron chi connectivity index (χ2n) is 4.49. The monoisotopic (exact) mass is 260 g/mol. The SMILES string of the molecule is O=C1NCCC[C@H]1Nc1ncnc2cccc(F)c12. The highest BCUT2D eigenvalue weighted by Crippen LogP contribution is 2.23. The lowest BCUT2D eigenvalue weighted by atomic mass is 10.1. The van der Waals surface area contributed by atoms with Crippen LogP contribution in [0.4, 0.5) is 10.2 Å². The molecule has 1 amide bonds. The number of fused-ring (bicyclic) bond motifs is 1. The van der Waals surface area contributed by atoms with Crippen LogP contribution in [0.1, 0.15) is 12.8 Å². The predicted octanol–water partition coefficient (Wildman–Crippen LogP) is 1.46. The molecule has 1 aromatic carbocycles. The fourth-order valence-corrected chi connectivity index (χ4v) is 2.25. The van der Waals surface area contributed by atoms with Crippen LogP contribution in [-0.4, -0.2) is 28.5 Å². The van der Waals surface area contributed by atoms with E-state index in [4.69, 9.17) is 0 Å². The van der Waals surface area contributed by atoms with Gasteiger partial charge in [0.2, 0.25) is 5.91 Å². The van der Waals surface area contributed by atoms with Gasteiger partial charge in [0.1, 0.15) is 24.0 Å². The number of halogens is 1. The van der Waals surface area contributed by atoms with E-state index in [1.165, 1.54) is 12.4 Å². The maximum absolute atomic E-state index is 13.9. The first-order chi connectivity index (χ1) is 9.25. The van der Waals surface area contributed by atoms with E-state index < -0.39 is 5.82 Å². The molecule has 1 aliphatic rings. The minimum absolute atomic E-state index is 0.0747. The van der Waals surface area contributed by atoms with Gasteiger partial charge in [0.25, 0.3) is 0 Å². The van der Waals surface area contributed by atoms with E-state index in [1.807, 2.05) is 0 Å². The number of hydrogen-bond donors (Lipinski definition) is 2.